The average Bonchev–Trinajstić information content (AvgIpc) is 2.66. The van der Waals surface area contributed by atoms with E-state index in [0.717, 1.165) is 33.3 Å². The lowest BCUT2D eigenvalue weighted by Gasteiger charge is -2.12. The van der Waals surface area contributed by atoms with Crippen LogP contribution in [0.25, 0.3) is 33.3 Å². The van der Waals surface area contributed by atoms with Crippen molar-refractivity contribution >= 4 is 39.8 Å². The van der Waals surface area contributed by atoms with Crippen molar-refractivity contribution in [2.45, 2.75) is 0 Å². The van der Waals surface area contributed by atoms with Gasteiger partial charge in [-0.2, -0.15) is 0 Å². The van der Waals surface area contributed by atoms with Crippen LogP contribution < -0.4 is 5.32 Å². The maximum atomic E-state index is 13.6. The number of pyridine rings is 1. The van der Waals surface area contributed by atoms with Crippen LogP contribution in [0.5, 0.6) is 0 Å². The van der Waals surface area contributed by atoms with Crippen molar-refractivity contribution in [3.63, 3.8) is 0 Å². The molecular formula is C22H15Cl2FN2. The minimum atomic E-state index is -0.284. The van der Waals surface area contributed by atoms with Gasteiger partial charge in [0.15, 0.2) is 0 Å². The SMILES string of the molecule is CNc1cc(-c2cccc(F)c2)nc2ccc(-c3cc(Cl)cc(Cl)c3)cc12. The van der Waals surface area contributed by atoms with Crippen molar-refractivity contribution in [2.24, 2.45) is 0 Å². The number of aromatic nitrogens is 1. The van der Waals surface area contributed by atoms with Gasteiger partial charge in [0.05, 0.1) is 11.2 Å². The number of hydrogen-bond acceptors (Lipinski definition) is 2. The Kier molecular flexibility index (Phi) is 4.73. The number of rotatable bonds is 3. The van der Waals surface area contributed by atoms with E-state index in [0.29, 0.717) is 15.7 Å². The molecule has 1 N–H and O–H groups in total. The largest absolute Gasteiger partial charge is 0.388 e. The lowest BCUT2D eigenvalue weighted by Crippen LogP contribution is -1.95. The average molecular weight is 397 g/mol. The number of fused-ring (bicyclic) bond motifs is 1. The van der Waals surface area contributed by atoms with Gasteiger partial charge in [0.1, 0.15) is 5.82 Å². The smallest absolute Gasteiger partial charge is 0.123 e. The highest BCUT2D eigenvalue weighted by atomic mass is 35.5. The first-order valence-electron chi connectivity index (χ1n) is 8.38. The fraction of sp³-hybridized carbons (Fsp3) is 0.0455. The molecule has 134 valence electrons. The lowest BCUT2D eigenvalue weighted by molar-refractivity contribution is 0.628. The second kappa shape index (κ2) is 7.18. The molecule has 0 saturated carbocycles. The molecule has 2 nitrogen and oxygen atoms in total. The molecule has 1 aromatic heterocycles. The van der Waals surface area contributed by atoms with Gasteiger partial charge in [0.25, 0.3) is 0 Å². The topological polar surface area (TPSA) is 24.9 Å². The molecule has 4 rings (SSSR count). The fourth-order valence-electron chi connectivity index (χ4n) is 3.13. The molecule has 0 aliphatic carbocycles. The van der Waals surface area contributed by atoms with Gasteiger partial charge in [0, 0.05) is 33.7 Å². The van der Waals surface area contributed by atoms with E-state index in [1.54, 1.807) is 12.1 Å². The standard InChI is InChI=1S/C22H15Cl2FN2/c1-26-22-12-21(14-3-2-4-18(25)9-14)27-20-6-5-13(10-19(20)22)15-7-16(23)11-17(24)8-15/h2-12H,1H3,(H,26,27). The summed E-state index contributed by atoms with van der Waals surface area (Å²) < 4.78 is 13.6. The summed E-state index contributed by atoms with van der Waals surface area (Å²) in [5.74, 6) is -0.284. The molecule has 0 aliphatic rings. The molecule has 27 heavy (non-hydrogen) atoms. The number of halogens is 3. The van der Waals surface area contributed by atoms with Crippen molar-refractivity contribution in [3.8, 4) is 22.4 Å². The maximum absolute atomic E-state index is 13.6. The molecule has 0 radical (unpaired) electrons. The highest BCUT2D eigenvalue weighted by Gasteiger charge is 2.10. The number of hydrogen-bond donors (Lipinski definition) is 1. The van der Waals surface area contributed by atoms with Gasteiger partial charge in [-0.15, -0.1) is 0 Å². The third-order valence-corrected chi connectivity index (χ3v) is 4.83. The van der Waals surface area contributed by atoms with E-state index >= 15 is 0 Å². The third-order valence-electron chi connectivity index (χ3n) is 4.39. The Balaban J connectivity index is 1.88. The molecule has 0 saturated heterocycles. The van der Waals surface area contributed by atoms with Gasteiger partial charge in [-0.25, -0.2) is 9.37 Å². The Morgan fingerprint density at radius 2 is 1.59 bits per heavy atom. The summed E-state index contributed by atoms with van der Waals surface area (Å²) in [5, 5.41) is 5.35. The highest BCUT2D eigenvalue weighted by molar-refractivity contribution is 6.35. The fourth-order valence-corrected chi connectivity index (χ4v) is 3.65. The van der Waals surface area contributed by atoms with Crippen LogP contribution in [0.15, 0.2) is 66.7 Å². The van der Waals surface area contributed by atoms with E-state index in [9.17, 15) is 4.39 Å². The summed E-state index contributed by atoms with van der Waals surface area (Å²) in [4.78, 5) is 4.71. The van der Waals surface area contributed by atoms with Gasteiger partial charge >= 0.3 is 0 Å². The zero-order valence-corrected chi connectivity index (χ0v) is 15.9. The van der Waals surface area contributed by atoms with E-state index in [1.165, 1.54) is 12.1 Å². The second-order valence-electron chi connectivity index (χ2n) is 6.21. The van der Waals surface area contributed by atoms with Crippen LogP contribution in [-0.4, -0.2) is 12.0 Å². The first-order chi connectivity index (χ1) is 13.0. The van der Waals surface area contributed by atoms with E-state index in [2.05, 4.69) is 5.32 Å². The summed E-state index contributed by atoms with van der Waals surface area (Å²) in [5.41, 5.74) is 5.10. The molecule has 0 atom stereocenters. The summed E-state index contributed by atoms with van der Waals surface area (Å²) >= 11 is 12.3. The van der Waals surface area contributed by atoms with Gasteiger partial charge in [-0.1, -0.05) is 41.4 Å². The van der Waals surface area contributed by atoms with Crippen molar-refractivity contribution in [1.82, 2.24) is 4.98 Å². The van der Waals surface area contributed by atoms with Crippen molar-refractivity contribution < 1.29 is 4.39 Å². The van der Waals surface area contributed by atoms with Crippen LogP contribution in [-0.2, 0) is 0 Å². The molecule has 3 aromatic carbocycles. The Morgan fingerprint density at radius 3 is 2.30 bits per heavy atom. The van der Waals surface area contributed by atoms with Crippen molar-refractivity contribution in [2.75, 3.05) is 12.4 Å². The molecule has 0 unspecified atom stereocenters. The molecule has 0 fully saturated rings. The quantitative estimate of drug-likeness (QED) is 0.400. The van der Waals surface area contributed by atoms with Crippen LogP contribution in [0, 0.1) is 5.82 Å². The van der Waals surface area contributed by atoms with Crippen LogP contribution in [0.4, 0.5) is 10.1 Å². The van der Waals surface area contributed by atoms with Crippen molar-refractivity contribution in [3.05, 3.63) is 82.6 Å². The zero-order chi connectivity index (χ0) is 19.0. The molecule has 0 aliphatic heterocycles. The van der Waals surface area contributed by atoms with E-state index in [4.69, 9.17) is 28.2 Å². The number of benzene rings is 3. The van der Waals surface area contributed by atoms with Gasteiger partial charge in [-0.3, -0.25) is 0 Å². The maximum Gasteiger partial charge on any atom is 0.123 e. The zero-order valence-electron chi connectivity index (χ0n) is 14.4. The molecule has 4 aromatic rings. The minimum Gasteiger partial charge on any atom is -0.388 e. The second-order valence-corrected chi connectivity index (χ2v) is 7.08. The Hall–Kier alpha value is -2.62. The van der Waals surface area contributed by atoms with Crippen LogP contribution in [0.3, 0.4) is 0 Å². The van der Waals surface area contributed by atoms with Crippen LogP contribution in [0.2, 0.25) is 10.0 Å². The minimum absolute atomic E-state index is 0.284. The number of nitrogens with one attached hydrogen (secondary N) is 1. The summed E-state index contributed by atoms with van der Waals surface area (Å²) in [6.07, 6.45) is 0. The number of anilines is 1. The molecule has 1 heterocycles. The van der Waals surface area contributed by atoms with Gasteiger partial charge in [-0.05, 0) is 59.7 Å². The number of nitrogens with zero attached hydrogens (tertiary/aromatic N) is 1. The Labute approximate surface area is 166 Å². The summed E-state index contributed by atoms with van der Waals surface area (Å²) in [6.45, 7) is 0. The predicted octanol–water partition coefficient (Wildman–Crippen LogP) is 7.06. The Morgan fingerprint density at radius 1 is 0.815 bits per heavy atom. The summed E-state index contributed by atoms with van der Waals surface area (Å²) in [7, 11) is 1.85. The monoisotopic (exact) mass is 396 g/mol. The van der Waals surface area contributed by atoms with Gasteiger partial charge < -0.3 is 5.32 Å². The third kappa shape index (κ3) is 3.61. The molecule has 0 bridgehead atoms. The van der Waals surface area contributed by atoms with Crippen LogP contribution in [0.1, 0.15) is 0 Å². The van der Waals surface area contributed by atoms with E-state index < -0.39 is 0 Å². The first-order valence-corrected chi connectivity index (χ1v) is 9.14. The predicted molar refractivity (Wildman–Crippen MR) is 112 cm³/mol. The van der Waals surface area contributed by atoms with E-state index in [-0.39, 0.29) is 5.82 Å². The molecule has 0 spiro atoms. The highest BCUT2D eigenvalue weighted by Crippen LogP contribution is 2.33. The van der Waals surface area contributed by atoms with Gasteiger partial charge in [0.2, 0.25) is 0 Å². The lowest BCUT2D eigenvalue weighted by atomic mass is 10.0. The van der Waals surface area contributed by atoms with Crippen molar-refractivity contribution in [1.29, 1.82) is 0 Å². The molecular weight excluding hydrogens is 382 g/mol. The van der Waals surface area contributed by atoms with E-state index in [1.807, 2.05) is 49.5 Å². The molecule has 0 amide bonds. The molecule has 5 heteroatoms. The summed E-state index contributed by atoms with van der Waals surface area (Å²) in [6, 6.07) is 19.8. The first kappa shape index (κ1) is 17.8. The van der Waals surface area contributed by atoms with Crippen LogP contribution >= 0.6 is 23.2 Å². The normalized spacial score (nSPS) is 11.0. The Bertz CT molecular complexity index is 1140.